The standard InChI is InChI=1S/C14H20N2O2S/c1-14(2)8-13-10-15(19(17,18)16(13)11-14)9-12-6-4-3-5-7-12/h3-7,13H,8-11H2,1-2H3. The fourth-order valence-corrected chi connectivity index (χ4v) is 5.19. The van der Waals surface area contributed by atoms with E-state index >= 15 is 0 Å². The van der Waals surface area contributed by atoms with Gasteiger partial charge in [-0.2, -0.15) is 17.0 Å². The smallest absolute Gasteiger partial charge is 0.195 e. The van der Waals surface area contributed by atoms with Crippen LogP contribution in [0.3, 0.4) is 0 Å². The number of nitrogens with zero attached hydrogens (tertiary/aromatic N) is 2. The van der Waals surface area contributed by atoms with Gasteiger partial charge >= 0.3 is 0 Å². The summed E-state index contributed by atoms with van der Waals surface area (Å²) >= 11 is 0. The molecule has 104 valence electrons. The maximum absolute atomic E-state index is 12.5. The monoisotopic (exact) mass is 280 g/mol. The second kappa shape index (κ2) is 4.30. The van der Waals surface area contributed by atoms with Crippen LogP contribution in [-0.2, 0) is 16.8 Å². The highest BCUT2D eigenvalue weighted by atomic mass is 32.2. The minimum Gasteiger partial charge on any atom is -0.195 e. The highest BCUT2D eigenvalue weighted by Gasteiger charge is 2.51. The summed E-state index contributed by atoms with van der Waals surface area (Å²) in [4.78, 5) is 0. The first kappa shape index (κ1) is 13.1. The predicted octanol–water partition coefficient (Wildman–Crippen LogP) is 1.85. The van der Waals surface area contributed by atoms with E-state index in [-0.39, 0.29) is 11.5 Å². The number of fused-ring (bicyclic) bond motifs is 1. The van der Waals surface area contributed by atoms with Crippen molar-refractivity contribution in [3.05, 3.63) is 35.9 Å². The Hall–Kier alpha value is -0.910. The van der Waals surface area contributed by atoms with E-state index in [1.165, 1.54) is 0 Å². The maximum atomic E-state index is 12.5. The summed E-state index contributed by atoms with van der Waals surface area (Å²) in [6, 6.07) is 9.95. The van der Waals surface area contributed by atoms with E-state index in [0.29, 0.717) is 19.6 Å². The van der Waals surface area contributed by atoms with Crippen LogP contribution in [0, 0.1) is 5.41 Å². The van der Waals surface area contributed by atoms with Gasteiger partial charge < -0.3 is 0 Å². The molecule has 0 radical (unpaired) electrons. The summed E-state index contributed by atoms with van der Waals surface area (Å²) in [5.41, 5.74) is 1.16. The zero-order valence-corrected chi connectivity index (χ0v) is 12.2. The van der Waals surface area contributed by atoms with Crippen LogP contribution in [0.2, 0.25) is 0 Å². The molecule has 1 unspecified atom stereocenters. The van der Waals surface area contributed by atoms with Crippen molar-refractivity contribution in [2.24, 2.45) is 5.41 Å². The van der Waals surface area contributed by atoms with Gasteiger partial charge in [-0.25, -0.2) is 0 Å². The summed E-state index contributed by atoms with van der Waals surface area (Å²) in [5.74, 6) is 0. The number of hydrogen-bond donors (Lipinski definition) is 0. The highest BCUT2D eigenvalue weighted by molar-refractivity contribution is 7.87. The molecule has 1 aromatic rings. The predicted molar refractivity (Wildman–Crippen MR) is 74.7 cm³/mol. The number of rotatable bonds is 2. The molecule has 0 saturated carbocycles. The normalized spacial score (nSPS) is 29.5. The molecule has 2 saturated heterocycles. The molecule has 4 nitrogen and oxygen atoms in total. The van der Waals surface area contributed by atoms with Gasteiger partial charge in [0.05, 0.1) is 0 Å². The molecule has 0 bridgehead atoms. The van der Waals surface area contributed by atoms with Crippen molar-refractivity contribution in [2.45, 2.75) is 32.9 Å². The van der Waals surface area contributed by atoms with Gasteiger partial charge in [0.1, 0.15) is 0 Å². The van der Waals surface area contributed by atoms with Crippen molar-refractivity contribution >= 4 is 10.2 Å². The van der Waals surface area contributed by atoms with E-state index in [0.717, 1.165) is 12.0 Å². The van der Waals surface area contributed by atoms with Crippen LogP contribution in [0.15, 0.2) is 30.3 Å². The summed E-state index contributed by atoms with van der Waals surface area (Å²) in [7, 11) is -3.27. The summed E-state index contributed by atoms with van der Waals surface area (Å²) in [6.45, 7) is 6.04. The first-order valence-corrected chi connectivity index (χ1v) is 8.09. The zero-order valence-electron chi connectivity index (χ0n) is 11.4. The van der Waals surface area contributed by atoms with Crippen LogP contribution in [0.4, 0.5) is 0 Å². The molecule has 2 fully saturated rings. The second-order valence-corrected chi connectivity index (χ2v) is 8.23. The maximum Gasteiger partial charge on any atom is 0.282 e. The SMILES string of the molecule is CC1(C)CC2CN(Cc3ccccc3)S(=O)(=O)N2C1. The van der Waals surface area contributed by atoms with Crippen molar-refractivity contribution < 1.29 is 8.42 Å². The second-order valence-electron chi connectivity index (χ2n) is 6.35. The van der Waals surface area contributed by atoms with Crippen molar-refractivity contribution in [1.29, 1.82) is 0 Å². The van der Waals surface area contributed by atoms with E-state index in [9.17, 15) is 8.42 Å². The largest absolute Gasteiger partial charge is 0.282 e. The van der Waals surface area contributed by atoms with Crippen molar-refractivity contribution in [1.82, 2.24) is 8.61 Å². The molecule has 19 heavy (non-hydrogen) atoms. The van der Waals surface area contributed by atoms with Crippen LogP contribution in [0.25, 0.3) is 0 Å². The zero-order chi connectivity index (χ0) is 13.7. The van der Waals surface area contributed by atoms with Gasteiger partial charge in [-0.1, -0.05) is 44.2 Å². The molecular weight excluding hydrogens is 260 g/mol. The molecular formula is C14H20N2O2S. The Balaban J connectivity index is 1.81. The van der Waals surface area contributed by atoms with Gasteiger partial charge in [0.15, 0.2) is 0 Å². The Labute approximate surface area is 115 Å². The molecule has 0 N–H and O–H groups in total. The molecule has 2 aliphatic heterocycles. The molecule has 5 heteroatoms. The molecule has 2 heterocycles. The molecule has 0 spiro atoms. The van der Waals surface area contributed by atoms with Crippen LogP contribution in [0.5, 0.6) is 0 Å². The van der Waals surface area contributed by atoms with Crippen LogP contribution in [0.1, 0.15) is 25.8 Å². The van der Waals surface area contributed by atoms with E-state index in [1.54, 1.807) is 8.61 Å². The fraction of sp³-hybridized carbons (Fsp3) is 0.571. The summed E-state index contributed by atoms with van der Waals surface area (Å²) < 4.78 is 28.3. The fourth-order valence-electron chi connectivity index (χ4n) is 3.19. The number of benzene rings is 1. The first-order chi connectivity index (χ1) is 8.88. The third kappa shape index (κ3) is 2.30. The Bertz CT molecular complexity index is 568. The molecule has 3 rings (SSSR count). The third-order valence-electron chi connectivity index (χ3n) is 4.02. The van der Waals surface area contributed by atoms with Gasteiger partial charge in [0.2, 0.25) is 0 Å². The van der Waals surface area contributed by atoms with Crippen molar-refractivity contribution in [3.63, 3.8) is 0 Å². The van der Waals surface area contributed by atoms with Gasteiger partial charge in [-0.3, -0.25) is 0 Å². The summed E-state index contributed by atoms with van der Waals surface area (Å²) in [6.07, 6.45) is 0.956. The topological polar surface area (TPSA) is 40.6 Å². The minimum atomic E-state index is -3.27. The van der Waals surface area contributed by atoms with E-state index in [1.807, 2.05) is 30.3 Å². The molecule has 0 aromatic heterocycles. The lowest BCUT2D eigenvalue weighted by Crippen LogP contribution is -2.35. The quantitative estimate of drug-likeness (QED) is 0.829. The van der Waals surface area contributed by atoms with E-state index < -0.39 is 10.2 Å². The van der Waals surface area contributed by atoms with Crippen LogP contribution < -0.4 is 0 Å². The Morgan fingerprint density at radius 2 is 1.95 bits per heavy atom. The van der Waals surface area contributed by atoms with Crippen LogP contribution >= 0.6 is 0 Å². The molecule has 2 aliphatic rings. The Kier molecular flexibility index (Phi) is 2.96. The van der Waals surface area contributed by atoms with Crippen molar-refractivity contribution in [3.8, 4) is 0 Å². The van der Waals surface area contributed by atoms with Gasteiger partial charge in [-0.15, -0.1) is 0 Å². The highest BCUT2D eigenvalue weighted by Crippen LogP contribution is 2.41. The number of hydrogen-bond acceptors (Lipinski definition) is 2. The third-order valence-corrected chi connectivity index (χ3v) is 5.97. The molecule has 1 aromatic carbocycles. The van der Waals surface area contributed by atoms with Gasteiger partial charge in [0.25, 0.3) is 10.2 Å². The molecule has 1 atom stereocenters. The van der Waals surface area contributed by atoms with Gasteiger partial charge in [0, 0.05) is 25.7 Å². The average Bonchev–Trinajstić information content (AvgIpc) is 2.75. The lowest BCUT2D eigenvalue weighted by Gasteiger charge is -2.22. The Morgan fingerprint density at radius 3 is 2.58 bits per heavy atom. The molecule has 0 amide bonds. The minimum absolute atomic E-state index is 0.108. The van der Waals surface area contributed by atoms with E-state index in [4.69, 9.17) is 0 Å². The average molecular weight is 280 g/mol. The lowest BCUT2D eigenvalue weighted by atomic mass is 9.91. The summed E-state index contributed by atoms with van der Waals surface area (Å²) in [5, 5.41) is 0. The molecule has 0 aliphatic carbocycles. The lowest BCUT2D eigenvalue weighted by molar-refractivity contribution is 0.355. The first-order valence-electron chi connectivity index (χ1n) is 6.69. The van der Waals surface area contributed by atoms with Crippen LogP contribution in [-0.4, -0.2) is 36.2 Å². The van der Waals surface area contributed by atoms with E-state index in [2.05, 4.69) is 13.8 Å². The van der Waals surface area contributed by atoms with Crippen molar-refractivity contribution in [2.75, 3.05) is 13.1 Å². The Morgan fingerprint density at radius 1 is 1.26 bits per heavy atom. The van der Waals surface area contributed by atoms with Gasteiger partial charge in [-0.05, 0) is 17.4 Å².